The molecule has 2 atom stereocenters. The van der Waals surface area contributed by atoms with E-state index in [1.165, 1.54) is 45.3 Å². The second-order valence-corrected chi connectivity index (χ2v) is 8.89. The summed E-state index contributed by atoms with van der Waals surface area (Å²) < 4.78 is 0. The van der Waals surface area contributed by atoms with Gasteiger partial charge in [-0.3, -0.25) is 0 Å². The van der Waals surface area contributed by atoms with Gasteiger partial charge in [-0.05, 0) is 42.4 Å². The van der Waals surface area contributed by atoms with E-state index in [0.29, 0.717) is 11.5 Å². The van der Waals surface area contributed by atoms with E-state index in [9.17, 15) is 0 Å². The molecule has 2 unspecified atom stereocenters. The Balaban J connectivity index is 1.86. The molecule has 1 aliphatic heterocycles. The van der Waals surface area contributed by atoms with Crippen LogP contribution in [0.1, 0.15) is 60.3 Å². The molecule has 0 aromatic carbocycles. The average molecular weight is 280 g/mol. The number of nitrogens with one attached hydrogen (secondary N) is 1. The Morgan fingerprint density at radius 2 is 1.85 bits per heavy atom. The molecule has 0 radical (unpaired) electrons. The van der Waals surface area contributed by atoms with Gasteiger partial charge in [0.05, 0.1) is 0 Å². The van der Waals surface area contributed by atoms with Crippen molar-refractivity contribution >= 4 is 0 Å². The van der Waals surface area contributed by atoms with Crippen LogP contribution in [0.25, 0.3) is 0 Å². The zero-order chi connectivity index (χ0) is 14.8. The quantitative estimate of drug-likeness (QED) is 0.824. The van der Waals surface area contributed by atoms with Crippen molar-refractivity contribution in [3.63, 3.8) is 0 Å². The zero-order valence-electron chi connectivity index (χ0n) is 14.4. The predicted octanol–water partition coefficient (Wildman–Crippen LogP) is 3.77. The van der Waals surface area contributed by atoms with E-state index in [2.05, 4.69) is 44.8 Å². The first-order valence-corrected chi connectivity index (χ1v) is 8.79. The normalized spacial score (nSPS) is 29.7. The van der Waals surface area contributed by atoms with Crippen LogP contribution in [0.4, 0.5) is 0 Å². The van der Waals surface area contributed by atoms with Crippen molar-refractivity contribution in [3.05, 3.63) is 0 Å². The maximum Gasteiger partial charge on any atom is 0.0198 e. The first-order valence-electron chi connectivity index (χ1n) is 8.79. The lowest BCUT2D eigenvalue weighted by molar-refractivity contribution is 0.0818. The van der Waals surface area contributed by atoms with Crippen LogP contribution in [-0.4, -0.2) is 37.1 Å². The fourth-order valence-corrected chi connectivity index (χ4v) is 3.50. The van der Waals surface area contributed by atoms with Crippen LogP contribution in [0.5, 0.6) is 0 Å². The Hall–Kier alpha value is -0.0800. The van der Waals surface area contributed by atoms with Crippen molar-refractivity contribution in [2.24, 2.45) is 23.2 Å². The van der Waals surface area contributed by atoms with Gasteiger partial charge in [-0.1, -0.05) is 41.0 Å². The van der Waals surface area contributed by atoms with Crippen LogP contribution >= 0.6 is 0 Å². The second-order valence-electron chi connectivity index (χ2n) is 8.89. The van der Waals surface area contributed by atoms with E-state index in [1.807, 2.05) is 0 Å². The van der Waals surface area contributed by atoms with Crippen molar-refractivity contribution < 1.29 is 0 Å². The lowest BCUT2D eigenvalue weighted by Gasteiger charge is -2.43. The third-order valence-electron chi connectivity index (χ3n) is 5.16. The Bertz CT molecular complexity index is 288. The first kappa shape index (κ1) is 16.3. The van der Waals surface area contributed by atoms with Gasteiger partial charge in [0.25, 0.3) is 0 Å². The lowest BCUT2D eigenvalue weighted by atomic mass is 9.82. The highest BCUT2D eigenvalue weighted by Crippen LogP contribution is 2.30. The third-order valence-corrected chi connectivity index (χ3v) is 5.16. The van der Waals surface area contributed by atoms with Gasteiger partial charge in [0.2, 0.25) is 0 Å². The Morgan fingerprint density at radius 3 is 2.35 bits per heavy atom. The Labute approximate surface area is 126 Å². The van der Waals surface area contributed by atoms with Gasteiger partial charge in [-0.15, -0.1) is 0 Å². The predicted molar refractivity (Wildman–Crippen MR) is 88.0 cm³/mol. The summed E-state index contributed by atoms with van der Waals surface area (Å²) in [5, 5.41) is 3.84. The maximum atomic E-state index is 3.84. The van der Waals surface area contributed by atoms with Gasteiger partial charge >= 0.3 is 0 Å². The van der Waals surface area contributed by atoms with Gasteiger partial charge in [0.1, 0.15) is 0 Å². The molecule has 0 aromatic rings. The molecule has 2 fully saturated rings. The number of hydrogen-bond acceptors (Lipinski definition) is 2. The highest BCUT2D eigenvalue weighted by Gasteiger charge is 2.31. The highest BCUT2D eigenvalue weighted by atomic mass is 15.2. The minimum Gasteiger partial charge on any atom is -0.312 e. The monoisotopic (exact) mass is 280 g/mol. The number of rotatable bonds is 5. The molecule has 1 N–H and O–H groups in total. The summed E-state index contributed by atoms with van der Waals surface area (Å²) in [5.74, 6) is 2.70. The van der Waals surface area contributed by atoms with Gasteiger partial charge in [0, 0.05) is 32.2 Å². The lowest BCUT2D eigenvalue weighted by Crippen LogP contribution is -2.53. The number of piperidine rings is 1. The van der Waals surface area contributed by atoms with Crippen LogP contribution in [0.3, 0.4) is 0 Å². The van der Waals surface area contributed by atoms with Crippen molar-refractivity contribution in [1.29, 1.82) is 0 Å². The second kappa shape index (κ2) is 6.79. The molecule has 0 amide bonds. The molecule has 1 heterocycles. The fourth-order valence-electron chi connectivity index (χ4n) is 3.50. The molecule has 0 spiro atoms. The van der Waals surface area contributed by atoms with Crippen LogP contribution in [-0.2, 0) is 0 Å². The van der Waals surface area contributed by atoms with E-state index in [1.54, 1.807) is 0 Å². The van der Waals surface area contributed by atoms with Crippen molar-refractivity contribution in [3.8, 4) is 0 Å². The molecular weight excluding hydrogens is 244 g/mol. The molecule has 118 valence electrons. The summed E-state index contributed by atoms with van der Waals surface area (Å²) in [6.07, 6.45) is 5.79. The van der Waals surface area contributed by atoms with Crippen LogP contribution < -0.4 is 5.32 Å². The molecule has 2 rings (SSSR count). The van der Waals surface area contributed by atoms with Crippen molar-refractivity contribution in [2.75, 3.05) is 26.2 Å². The van der Waals surface area contributed by atoms with E-state index < -0.39 is 0 Å². The van der Waals surface area contributed by atoms with E-state index >= 15 is 0 Å². The molecule has 0 bridgehead atoms. The van der Waals surface area contributed by atoms with E-state index in [-0.39, 0.29) is 0 Å². The highest BCUT2D eigenvalue weighted by molar-refractivity contribution is 4.87. The molecule has 1 saturated carbocycles. The zero-order valence-corrected chi connectivity index (χ0v) is 14.4. The van der Waals surface area contributed by atoms with Crippen LogP contribution in [0.15, 0.2) is 0 Å². The summed E-state index contributed by atoms with van der Waals surface area (Å²) in [5.41, 5.74) is 0.392. The largest absolute Gasteiger partial charge is 0.312 e. The van der Waals surface area contributed by atoms with Crippen molar-refractivity contribution in [2.45, 2.75) is 66.3 Å². The van der Waals surface area contributed by atoms with E-state index in [0.717, 1.165) is 24.3 Å². The summed E-state index contributed by atoms with van der Waals surface area (Å²) in [7, 11) is 0. The van der Waals surface area contributed by atoms with Gasteiger partial charge < -0.3 is 10.2 Å². The average Bonchev–Trinajstić information content (AvgIpc) is 2.30. The molecule has 2 heteroatoms. The number of nitrogens with zero attached hydrogens (tertiary/aromatic N) is 1. The topological polar surface area (TPSA) is 15.3 Å². The summed E-state index contributed by atoms with van der Waals surface area (Å²) in [4.78, 5) is 2.76. The Morgan fingerprint density at radius 1 is 1.15 bits per heavy atom. The van der Waals surface area contributed by atoms with Gasteiger partial charge in [-0.25, -0.2) is 0 Å². The number of likely N-dealkylation sites (tertiary alicyclic amines) is 1. The SMILES string of the molecule is CC(C)C1CC(NCC(C)(C)C)CN(CC2CCC2)C1. The molecule has 2 aliphatic rings. The Kier molecular flexibility index (Phi) is 5.53. The first-order chi connectivity index (χ1) is 9.33. The summed E-state index contributed by atoms with van der Waals surface area (Å²) in [6.45, 7) is 16.9. The summed E-state index contributed by atoms with van der Waals surface area (Å²) >= 11 is 0. The standard InChI is InChI=1S/C18H36N2/c1-14(2)16-9-17(19-13-18(3,4)5)12-20(11-16)10-15-7-6-8-15/h14-17,19H,6-13H2,1-5H3. The van der Waals surface area contributed by atoms with Gasteiger partial charge in [0.15, 0.2) is 0 Å². The maximum absolute atomic E-state index is 3.84. The third kappa shape index (κ3) is 5.04. The van der Waals surface area contributed by atoms with Crippen LogP contribution in [0.2, 0.25) is 0 Å². The minimum absolute atomic E-state index is 0.392. The molecule has 0 aromatic heterocycles. The number of hydrogen-bond donors (Lipinski definition) is 1. The molecule has 1 saturated heterocycles. The fraction of sp³-hybridized carbons (Fsp3) is 1.00. The smallest absolute Gasteiger partial charge is 0.0198 e. The summed E-state index contributed by atoms with van der Waals surface area (Å²) in [6, 6.07) is 0.704. The van der Waals surface area contributed by atoms with Crippen molar-refractivity contribution in [1.82, 2.24) is 10.2 Å². The molecule has 2 nitrogen and oxygen atoms in total. The van der Waals surface area contributed by atoms with Crippen LogP contribution in [0, 0.1) is 23.2 Å². The molecule has 20 heavy (non-hydrogen) atoms. The minimum atomic E-state index is 0.392. The molecular formula is C18H36N2. The van der Waals surface area contributed by atoms with Gasteiger partial charge in [-0.2, -0.15) is 0 Å². The molecule has 1 aliphatic carbocycles. The van der Waals surface area contributed by atoms with E-state index in [4.69, 9.17) is 0 Å².